The fraction of sp³-hybridized carbons (Fsp3) is 0.292. The minimum absolute atomic E-state index is 0.0728. The number of carbonyl (C=O) groups is 1. The lowest BCUT2D eigenvalue weighted by Gasteiger charge is -2.19. The van der Waals surface area contributed by atoms with Gasteiger partial charge in [0.05, 0.1) is 0 Å². The molecule has 1 fully saturated rings. The molecule has 5 heteroatoms. The molecule has 0 radical (unpaired) electrons. The first-order valence-electron chi connectivity index (χ1n) is 10.1. The molecule has 0 unspecified atom stereocenters. The summed E-state index contributed by atoms with van der Waals surface area (Å²) in [7, 11) is 0. The number of hydrogen-bond acceptors (Lipinski definition) is 4. The third-order valence-corrected chi connectivity index (χ3v) is 5.45. The molecule has 0 saturated carbocycles. The number of carbonyl (C=O) groups excluding carboxylic acids is 1. The van der Waals surface area contributed by atoms with Crippen LogP contribution in [0.1, 0.15) is 39.9 Å². The molecule has 1 aliphatic rings. The van der Waals surface area contributed by atoms with E-state index in [1.807, 2.05) is 24.3 Å². The number of aromatic nitrogens is 2. The van der Waals surface area contributed by atoms with Crippen LogP contribution in [0, 0.1) is 13.8 Å². The number of nitrogens with zero attached hydrogens (tertiary/aromatic N) is 3. The summed E-state index contributed by atoms with van der Waals surface area (Å²) in [5.74, 6) is 0.855. The Morgan fingerprint density at radius 1 is 1.00 bits per heavy atom. The van der Waals surface area contributed by atoms with E-state index in [0.29, 0.717) is 12.1 Å². The van der Waals surface area contributed by atoms with Crippen molar-refractivity contribution in [2.45, 2.75) is 33.2 Å². The molecule has 1 aromatic heterocycles. The smallest absolute Gasteiger partial charge is 0.251 e. The predicted octanol–water partition coefficient (Wildman–Crippen LogP) is 4.29. The maximum Gasteiger partial charge on any atom is 0.251 e. The molecule has 0 bridgehead atoms. The number of aryl methyl sites for hydroxylation is 2. The zero-order valence-electron chi connectivity index (χ0n) is 17.0. The second-order valence-electron chi connectivity index (χ2n) is 7.61. The monoisotopic (exact) mass is 386 g/mol. The molecule has 2 heterocycles. The van der Waals surface area contributed by atoms with Gasteiger partial charge >= 0.3 is 0 Å². The quantitative estimate of drug-likeness (QED) is 0.711. The Morgan fingerprint density at radius 3 is 2.48 bits per heavy atom. The molecule has 4 rings (SSSR count). The SMILES string of the molecule is Cc1ccc(C)c(CNC(=O)c2ccc(-c3nccnc3N3CCCC3)cc2)c1. The summed E-state index contributed by atoms with van der Waals surface area (Å²) in [5.41, 5.74) is 6.02. The summed E-state index contributed by atoms with van der Waals surface area (Å²) in [5, 5.41) is 3.02. The Bertz CT molecular complexity index is 1010. The van der Waals surface area contributed by atoms with Gasteiger partial charge in [0.2, 0.25) is 0 Å². The molecule has 0 aliphatic carbocycles. The Balaban J connectivity index is 1.48. The summed E-state index contributed by atoms with van der Waals surface area (Å²) in [6, 6.07) is 13.9. The van der Waals surface area contributed by atoms with Gasteiger partial charge in [0.15, 0.2) is 5.82 Å². The van der Waals surface area contributed by atoms with Crippen molar-refractivity contribution in [3.05, 3.63) is 77.1 Å². The van der Waals surface area contributed by atoms with Crippen LogP contribution in [0.2, 0.25) is 0 Å². The molecule has 1 N–H and O–H groups in total. The number of benzene rings is 2. The van der Waals surface area contributed by atoms with Crippen LogP contribution < -0.4 is 10.2 Å². The third kappa shape index (κ3) is 4.29. The van der Waals surface area contributed by atoms with Gasteiger partial charge in [-0.2, -0.15) is 0 Å². The zero-order valence-corrected chi connectivity index (χ0v) is 17.0. The fourth-order valence-electron chi connectivity index (χ4n) is 3.74. The van der Waals surface area contributed by atoms with Crippen LogP contribution >= 0.6 is 0 Å². The van der Waals surface area contributed by atoms with E-state index in [2.05, 4.69) is 52.2 Å². The van der Waals surface area contributed by atoms with Gasteiger partial charge in [-0.1, -0.05) is 35.9 Å². The Morgan fingerprint density at radius 2 is 1.72 bits per heavy atom. The summed E-state index contributed by atoms with van der Waals surface area (Å²) in [4.78, 5) is 24.0. The minimum Gasteiger partial charge on any atom is -0.355 e. The Labute approximate surface area is 171 Å². The van der Waals surface area contributed by atoms with Crippen LogP contribution in [0.4, 0.5) is 5.82 Å². The van der Waals surface area contributed by atoms with Gasteiger partial charge in [0, 0.05) is 43.2 Å². The molecule has 1 amide bonds. The highest BCUT2D eigenvalue weighted by Crippen LogP contribution is 2.29. The maximum absolute atomic E-state index is 12.6. The van der Waals surface area contributed by atoms with Crippen LogP contribution in [0.25, 0.3) is 11.3 Å². The topological polar surface area (TPSA) is 58.1 Å². The number of amides is 1. The van der Waals surface area contributed by atoms with Crippen LogP contribution in [0.15, 0.2) is 54.9 Å². The number of rotatable bonds is 5. The average molecular weight is 386 g/mol. The minimum atomic E-state index is -0.0728. The number of nitrogens with one attached hydrogen (secondary N) is 1. The van der Waals surface area contributed by atoms with Crippen LogP contribution in [0.5, 0.6) is 0 Å². The lowest BCUT2D eigenvalue weighted by molar-refractivity contribution is 0.0951. The van der Waals surface area contributed by atoms with Crippen molar-refractivity contribution in [2.24, 2.45) is 0 Å². The number of anilines is 1. The van der Waals surface area contributed by atoms with Crippen molar-refractivity contribution in [3.63, 3.8) is 0 Å². The van der Waals surface area contributed by atoms with E-state index in [0.717, 1.165) is 35.7 Å². The van der Waals surface area contributed by atoms with Gasteiger partial charge in [-0.3, -0.25) is 9.78 Å². The molecule has 2 aromatic carbocycles. The van der Waals surface area contributed by atoms with Crippen LogP contribution in [-0.4, -0.2) is 29.0 Å². The summed E-state index contributed by atoms with van der Waals surface area (Å²) in [6.45, 7) is 6.69. The van der Waals surface area contributed by atoms with E-state index in [9.17, 15) is 4.79 Å². The Kier molecular flexibility index (Phi) is 5.56. The van der Waals surface area contributed by atoms with Crippen molar-refractivity contribution in [3.8, 4) is 11.3 Å². The first-order valence-corrected chi connectivity index (χ1v) is 10.1. The van der Waals surface area contributed by atoms with Crippen molar-refractivity contribution in [1.82, 2.24) is 15.3 Å². The van der Waals surface area contributed by atoms with E-state index in [1.54, 1.807) is 12.4 Å². The summed E-state index contributed by atoms with van der Waals surface area (Å²) >= 11 is 0. The normalized spacial score (nSPS) is 13.5. The molecular formula is C24H26N4O. The number of hydrogen-bond donors (Lipinski definition) is 1. The van der Waals surface area contributed by atoms with Gasteiger partial charge in [-0.25, -0.2) is 4.98 Å². The second kappa shape index (κ2) is 8.43. The van der Waals surface area contributed by atoms with E-state index in [-0.39, 0.29) is 5.91 Å². The van der Waals surface area contributed by atoms with E-state index in [1.165, 1.54) is 24.0 Å². The van der Waals surface area contributed by atoms with Crippen molar-refractivity contribution >= 4 is 11.7 Å². The predicted molar refractivity (Wildman–Crippen MR) is 116 cm³/mol. The first kappa shape index (κ1) is 19.1. The van der Waals surface area contributed by atoms with Crippen molar-refractivity contribution in [1.29, 1.82) is 0 Å². The van der Waals surface area contributed by atoms with Crippen LogP contribution in [-0.2, 0) is 6.54 Å². The van der Waals surface area contributed by atoms with E-state index in [4.69, 9.17) is 0 Å². The first-order chi connectivity index (χ1) is 14.1. The van der Waals surface area contributed by atoms with Gasteiger partial charge in [-0.15, -0.1) is 0 Å². The molecular weight excluding hydrogens is 360 g/mol. The second-order valence-corrected chi connectivity index (χ2v) is 7.61. The lowest BCUT2D eigenvalue weighted by Crippen LogP contribution is -2.23. The molecule has 0 spiro atoms. The molecule has 5 nitrogen and oxygen atoms in total. The molecule has 1 saturated heterocycles. The summed E-state index contributed by atoms with van der Waals surface area (Å²) in [6.07, 6.45) is 5.84. The molecule has 0 atom stereocenters. The van der Waals surface area contributed by atoms with Gasteiger partial charge in [0.1, 0.15) is 5.69 Å². The summed E-state index contributed by atoms with van der Waals surface area (Å²) < 4.78 is 0. The lowest BCUT2D eigenvalue weighted by atomic mass is 10.1. The van der Waals surface area contributed by atoms with Crippen LogP contribution in [0.3, 0.4) is 0 Å². The molecule has 29 heavy (non-hydrogen) atoms. The van der Waals surface area contributed by atoms with E-state index < -0.39 is 0 Å². The molecule has 3 aromatic rings. The highest BCUT2D eigenvalue weighted by molar-refractivity contribution is 5.94. The average Bonchev–Trinajstić information content (AvgIpc) is 3.29. The van der Waals surface area contributed by atoms with Gasteiger partial charge in [-0.05, 0) is 49.9 Å². The zero-order chi connectivity index (χ0) is 20.2. The standard InChI is InChI=1S/C24H26N4O/c1-17-5-6-18(2)21(15-17)16-27-24(29)20-9-7-19(8-10-20)22-23(26-12-11-25-22)28-13-3-4-14-28/h5-12,15H,3-4,13-14,16H2,1-2H3,(H,27,29). The molecule has 1 aliphatic heterocycles. The van der Waals surface area contributed by atoms with Gasteiger partial charge in [0.25, 0.3) is 5.91 Å². The van der Waals surface area contributed by atoms with E-state index >= 15 is 0 Å². The Hall–Kier alpha value is -3.21. The fourth-order valence-corrected chi connectivity index (χ4v) is 3.74. The highest BCUT2D eigenvalue weighted by atomic mass is 16.1. The van der Waals surface area contributed by atoms with Crippen molar-refractivity contribution in [2.75, 3.05) is 18.0 Å². The highest BCUT2D eigenvalue weighted by Gasteiger charge is 2.19. The third-order valence-electron chi connectivity index (χ3n) is 5.45. The molecule has 148 valence electrons. The largest absolute Gasteiger partial charge is 0.355 e. The van der Waals surface area contributed by atoms with Crippen molar-refractivity contribution < 1.29 is 4.79 Å². The maximum atomic E-state index is 12.6. The van der Waals surface area contributed by atoms with Gasteiger partial charge < -0.3 is 10.2 Å².